The van der Waals surface area contributed by atoms with Gasteiger partial charge in [0.15, 0.2) is 0 Å². The molecule has 3 nitrogen and oxygen atoms in total. The molecule has 0 saturated carbocycles. The van der Waals surface area contributed by atoms with Gasteiger partial charge in [-0.3, -0.25) is 0 Å². The van der Waals surface area contributed by atoms with Gasteiger partial charge in [-0.1, -0.05) is 0 Å². The molecule has 0 aliphatic carbocycles. The van der Waals surface area contributed by atoms with Crippen molar-refractivity contribution in [1.29, 1.82) is 0 Å². The van der Waals surface area contributed by atoms with E-state index in [4.69, 9.17) is 5.73 Å². The van der Waals surface area contributed by atoms with E-state index in [1.807, 2.05) is 0 Å². The maximum absolute atomic E-state index is 5.37. The van der Waals surface area contributed by atoms with Crippen molar-refractivity contribution < 1.29 is 1.43 Å². The number of aliphatic imine (C=N–C) groups is 2. The Morgan fingerprint density at radius 2 is 2.56 bits per heavy atom. The molecular formula is C6H11N3. The van der Waals surface area contributed by atoms with Crippen LogP contribution in [0.25, 0.3) is 0 Å². The van der Waals surface area contributed by atoms with Crippen LogP contribution in [0.5, 0.6) is 0 Å². The molecule has 1 aliphatic heterocycles. The second-order valence-electron chi connectivity index (χ2n) is 1.79. The number of rotatable bonds is 1. The van der Waals surface area contributed by atoms with E-state index in [2.05, 4.69) is 9.98 Å². The lowest BCUT2D eigenvalue weighted by molar-refractivity contribution is 1.09. The fourth-order valence-corrected chi connectivity index (χ4v) is 0.583. The van der Waals surface area contributed by atoms with Gasteiger partial charge in [-0.25, -0.2) is 9.98 Å². The highest BCUT2D eigenvalue weighted by atomic mass is 14.8. The monoisotopic (exact) mass is 125 g/mol. The average Bonchev–Trinajstić information content (AvgIpc) is 2.13. The van der Waals surface area contributed by atoms with E-state index < -0.39 is 0 Å². The molecule has 0 fully saturated rings. The molecule has 50 valence electrons. The Morgan fingerprint density at radius 1 is 1.67 bits per heavy atom. The molecule has 0 aromatic heterocycles. The van der Waals surface area contributed by atoms with Crippen molar-refractivity contribution >= 4 is 12.6 Å². The third-order valence-electron chi connectivity index (χ3n) is 1.11. The van der Waals surface area contributed by atoms with Gasteiger partial charge in [-0.05, 0) is 5.57 Å². The van der Waals surface area contributed by atoms with E-state index in [1.54, 1.807) is 12.4 Å². The predicted molar refractivity (Wildman–Crippen MR) is 40.9 cm³/mol. The Morgan fingerprint density at radius 3 is 3.33 bits per heavy atom. The minimum Gasteiger partial charge on any atom is -0.327 e. The van der Waals surface area contributed by atoms with Crippen LogP contribution < -0.4 is 5.73 Å². The van der Waals surface area contributed by atoms with E-state index >= 15 is 0 Å². The lowest BCUT2D eigenvalue weighted by atomic mass is 10.2. The summed E-state index contributed by atoms with van der Waals surface area (Å²) in [7, 11) is 0. The minimum atomic E-state index is 0. The third-order valence-corrected chi connectivity index (χ3v) is 1.11. The normalized spacial score (nSPS) is 17.2. The van der Waals surface area contributed by atoms with Crippen molar-refractivity contribution in [2.45, 2.75) is 6.42 Å². The molecule has 1 aliphatic rings. The summed E-state index contributed by atoms with van der Waals surface area (Å²) in [5.41, 5.74) is 6.49. The summed E-state index contributed by atoms with van der Waals surface area (Å²) in [6, 6.07) is 0. The van der Waals surface area contributed by atoms with Gasteiger partial charge in [0.1, 0.15) is 6.34 Å². The quantitative estimate of drug-likeness (QED) is 0.547. The zero-order chi connectivity index (χ0) is 6.53. The molecule has 0 spiro atoms. The van der Waals surface area contributed by atoms with Crippen molar-refractivity contribution in [3.05, 3.63) is 11.8 Å². The van der Waals surface area contributed by atoms with Crippen molar-refractivity contribution in [2.24, 2.45) is 15.7 Å². The van der Waals surface area contributed by atoms with Gasteiger partial charge in [0.25, 0.3) is 0 Å². The van der Waals surface area contributed by atoms with Gasteiger partial charge in [0.05, 0.1) is 0 Å². The maximum Gasteiger partial charge on any atom is 0.114 e. The molecular weight excluding hydrogens is 114 g/mol. The molecule has 0 unspecified atom stereocenters. The van der Waals surface area contributed by atoms with Gasteiger partial charge in [0, 0.05) is 26.8 Å². The number of hydrogen-bond donors (Lipinski definition) is 1. The van der Waals surface area contributed by atoms with E-state index in [1.165, 1.54) is 6.34 Å². The predicted octanol–water partition coefficient (Wildman–Crippen LogP) is 0.578. The second-order valence-corrected chi connectivity index (χ2v) is 1.79. The molecule has 0 bridgehead atoms. The van der Waals surface area contributed by atoms with Crippen LogP contribution in [0, 0.1) is 0 Å². The Labute approximate surface area is 55.5 Å². The first-order valence-electron chi connectivity index (χ1n) is 2.85. The highest BCUT2D eigenvalue weighted by Gasteiger charge is 1.91. The summed E-state index contributed by atoms with van der Waals surface area (Å²) in [5, 5.41) is 0. The van der Waals surface area contributed by atoms with E-state index in [0.717, 1.165) is 12.0 Å². The molecule has 1 heterocycles. The average molecular weight is 125 g/mol. The van der Waals surface area contributed by atoms with E-state index in [0.29, 0.717) is 6.54 Å². The fourth-order valence-electron chi connectivity index (χ4n) is 0.583. The molecule has 0 aromatic rings. The van der Waals surface area contributed by atoms with Crippen molar-refractivity contribution in [2.75, 3.05) is 6.54 Å². The number of hydrogen-bond acceptors (Lipinski definition) is 3. The molecule has 0 aromatic carbocycles. The summed E-state index contributed by atoms with van der Waals surface area (Å²) in [4.78, 5) is 7.70. The van der Waals surface area contributed by atoms with Crippen LogP contribution in [0.2, 0.25) is 0 Å². The molecule has 1 rings (SSSR count). The first-order chi connectivity index (χ1) is 4.43. The summed E-state index contributed by atoms with van der Waals surface area (Å²) in [6.07, 6.45) is 5.90. The molecule has 2 N–H and O–H groups in total. The van der Waals surface area contributed by atoms with Crippen molar-refractivity contribution in [3.63, 3.8) is 0 Å². The van der Waals surface area contributed by atoms with Crippen LogP contribution in [0.4, 0.5) is 0 Å². The summed E-state index contributed by atoms with van der Waals surface area (Å²) >= 11 is 0. The molecule has 0 saturated heterocycles. The van der Waals surface area contributed by atoms with Crippen molar-refractivity contribution in [3.8, 4) is 0 Å². The molecule has 0 amide bonds. The first kappa shape index (κ1) is 6.16. The zero-order valence-electron chi connectivity index (χ0n) is 5.12. The summed E-state index contributed by atoms with van der Waals surface area (Å²) in [6.45, 7) is 0.573. The standard InChI is InChI=1S/C6H9N3.H2/c7-3-6-1-2-8-5-9-4-6;/h2,4-5H,1,3,7H2;1H. The largest absolute Gasteiger partial charge is 0.327 e. The lowest BCUT2D eigenvalue weighted by Crippen LogP contribution is -2.02. The van der Waals surface area contributed by atoms with Gasteiger partial charge < -0.3 is 5.73 Å². The van der Waals surface area contributed by atoms with Crippen LogP contribution >= 0.6 is 0 Å². The minimum absolute atomic E-state index is 0. The Hall–Kier alpha value is -0.960. The van der Waals surface area contributed by atoms with Crippen LogP contribution in [0.15, 0.2) is 21.8 Å². The van der Waals surface area contributed by atoms with Gasteiger partial charge in [-0.15, -0.1) is 0 Å². The fraction of sp³-hybridized carbons (Fsp3) is 0.333. The first-order valence-corrected chi connectivity index (χ1v) is 2.85. The zero-order valence-corrected chi connectivity index (χ0v) is 5.12. The smallest absolute Gasteiger partial charge is 0.114 e. The maximum atomic E-state index is 5.37. The number of nitrogens with zero attached hydrogens (tertiary/aromatic N) is 2. The molecule has 0 radical (unpaired) electrons. The Balaban J connectivity index is 0.000000810. The Kier molecular flexibility index (Phi) is 2.15. The van der Waals surface area contributed by atoms with Gasteiger partial charge >= 0.3 is 0 Å². The second kappa shape index (κ2) is 3.14. The van der Waals surface area contributed by atoms with Crippen LogP contribution in [-0.4, -0.2) is 19.1 Å². The molecule has 9 heavy (non-hydrogen) atoms. The number of nitrogens with two attached hydrogens (primary N) is 1. The highest BCUT2D eigenvalue weighted by Crippen LogP contribution is 1.98. The van der Waals surface area contributed by atoms with E-state index in [-0.39, 0.29) is 1.43 Å². The highest BCUT2D eigenvalue weighted by molar-refractivity contribution is 5.75. The van der Waals surface area contributed by atoms with Crippen LogP contribution in [0.3, 0.4) is 0 Å². The SMILES string of the molecule is NCC1=CN=CN=CC1.[HH]. The summed E-state index contributed by atoms with van der Waals surface area (Å²) < 4.78 is 0. The topological polar surface area (TPSA) is 50.7 Å². The molecule has 0 atom stereocenters. The van der Waals surface area contributed by atoms with Crippen molar-refractivity contribution in [1.82, 2.24) is 0 Å². The lowest BCUT2D eigenvalue weighted by Gasteiger charge is -1.92. The van der Waals surface area contributed by atoms with Gasteiger partial charge in [-0.2, -0.15) is 0 Å². The van der Waals surface area contributed by atoms with Crippen LogP contribution in [0.1, 0.15) is 7.85 Å². The third kappa shape index (κ3) is 1.77. The summed E-state index contributed by atoms with van der Waals surface area (Å²) in [5.74, 6) is 0. The Bertz CT molecular complexity index is 172. The molecule has 3 heteroatoms. The van der Waals surface area contributed by atoms with Crippen LogP contribution in [-0.2, 0) is 0 Å². The van der Waals surface area contributed by atoms with Gasteiger partial charge in [0.2, 0.25) is 0 Å². The van der Waals surface area contributed by atoms with E-state index in [9.17, 15) is 0 Å².